The molecule has 1 unspecified atom stereocenters. The summed E-state index contributed by atoms with van der Waals surface area (Å²) >= 11 is 0. The molecule has 0 bridgehead atoms. The average Bonchev–Trinajstić information content (AvgIpc) is 3.02. The highest BCUT2D eigenvalue weighted by molar-refractivity contribution is 5.36. The molecule has 0 aliphatic heterocycles. The fraction of sp³-hybridized carbons (Fsp3) is 0.778. The zero-order valence-corrected chi connectivity index (χ0v) is 19.5. The fourth-order valence-electron chi connectivity index (χ4n) is 6.67. The van der Waals surface area contributed by atoms with E-state index >= 15 is 0 Å². The van der Waals surface area contributed by atoms with Gasteiger partial charge in [-0.15, -0.1) is 0 Å². The highest BCUT2D eigenvalue weighted by atomic mass is 16.3. The summed E-state index contributed by atoms with van der Waals surface area (Å²) < 4.78 is 0. The van der Waals surface area contributed by atoms with Crippen molar-refractivity contribution in [3.63, 3.8) is 0 Å². The first-order valence-electron chi connectivity index (χ1n) is 12.2. The molecular weight excluding hydrogens is 372 g/mol. The van der Waals surface area contributed by atoms with E-state index in [2.05, 4.69) is 25.7 Å². The summed E-state index contributed by atoms with van der Waals surface area (Å²) in [6, 6.07) is 0. The lowest BCUT2D eigenvalue weighted by Crippen LogP contribution is -2.37. The molecule has 3 rings (SSSR count). The third-order valence-corrected chi connectivity index (χ3v) is 8.39. The molecule has 0 radical (unpaired) electrons. The van der Waals surface area contributed by atoms with Gasteiger partial charge in [-0.1, -0.05) is 43.2 Å². The lowest BCUT2D eigenvalue weighted by molar-refractivity contribution is 0.0418. The number of aliphatic hydroxyl groups excluding tert-OH is 2. The lowest BCUT2D eigenvalue weighted by atomic mass is 9.60. The Hall–Kier alpha value is -0.900. The van der Waals surface area contributed by atoms with Crippen molar-refractivity contribution in [3.8, 4) is 0 Å². The van der Waals surface area contributed by atoms with Gasteiger partial charge in [-0.25, -0.2) is 0 Å². The van der Waals surface area contributed by atoms with E-state index in [0.29, 0.717) is 17.8 Å². The van der Waals surface area contributed by atoms with Crippen LogP contribution in [-0.2, 0) is 0 Å². The van der Waals surface area contributed by atoms with Gasteiger partial charge in [0.2, 0.25) is 0 Å². The van der Waals surface area contributed by atoms with E-state index in [0.717, 1.165) is 38.5 Å². The Morgan fingerprint density at radius 1 is 1.20 bits per heavy atom. The van der Waals surface area contributed by atoms with Crippen molar-refractivity contribution in [1.82, 2.24) is 0 Å². The molecule has 3 fully saturated rings. The molecule has 3 aliphatic rings. The predicted octanol–water partition coefficient (Wildman–Crippen LogP) is 5.71. The van der Waals surface area contributed by atoms with E-state index in [1.54, 1.807) is 5.57 Å². The van der Waals surface area contributed by atoms with Crippen LogP contribution in [0.15, 0.2) is 35.5 Å². The number of hydrogen-bond acceptors (Lipinski definition) is 3. The molecule has 0 saturated heterocycles. The van der Waals surface area contributed by atoms with Gasteiger partial charge < -0.3 is 15.3 Å². The number of rotatable bonds is 7. The number of aliphatic hydroxyl groups is 3. The summed E-state index contributed by atoms with van der Waals surface area (Å²) in [5.41, 5.74) is 3.64. The van der Waals surface area contributed by atoms with Crippen LogP contribution in [0, 0.1) is 23.2 Å². The summed E-state index contributed by atoms with van der Waals surface area (Å²) in [5.74, 6) is 1.52. The van der Waals surface area contributed by atoms with Gasteiger partial charge in [0.15, 0.2) is 0 Å². The lowest BCUT2D eigenvalue weighted by Gasteiger charge is -2.45. The molecule has 0 amide bonds. The van der Waals surface area contributed by atoms with Crippen molar-refractivity contribution in [3.05, 3.63) is 35.5 Å². The van der Waals surface area contributed by atoms with E-state index in [4.69, 9.17) is 0 Å². The van der Waals surface area contributed by atoms with E-state index in [1.807, 2.05) is 13.8 Å². The minimum absolute atomic E-state index is 0.221. The highest BCUT2D eigenvalue weighted by Gasteiger charge is 2.51. The smallest absolute Gasteiger partial charge is 0.0591 e. The van der Waals surface area contributed by atoms with E-state index < -0.39 is 5.60 Å². The summed E-state index contributed by atoms with van der Waals surface area (Å²) in [6.45, 7) is 10.7. The first-order chi connectivity index (χ1) is 14.1. The maximum absolute atomic E-state index is 10.2. The summed E-state index contributed by atoms with van der Waals surface area (Å²) in [7, 11) is 0. The van der Waals surface area contributed by atoms with Gasteiger partial charge >= 0.3 is 0 Å². The Morgan fingerprint density at radius 2 is 1.97 bits per heavy atom. The minimum atomic E-state index is -0.618. The largest absolute Gasteiger partial charge is 0.396 e. The Balaban J connectivity index is 1.72. The Morgan fingerprint density at radius 3 is 2.67 bits per heavy atom. The van der Waals surface area contributed by atoms with Crippen LogP contribution in [0.25, 0.3) is 0 Å². The van der Waals surface area contributed by atoms with Crippen LogP contribution in [-0.4, -0.2) is 33.6 Å². The van der Waals surface area contributed by atoms with Crippen molar-refractivity contribution >= 4 is 0 Å². The van der Waals surface area contributed by atoms with Crippen molar-refractivity contribution in [2.24, 2.45) is 23.2 Å². The molecular formula is C27H44O3. The summed E-state index contributed by atoms with van der Waals surface area (Å²) in [5, 5.41) is 30.3. The molecule has 170 valence electrons. The summed E-state index contributed by atoms with van der Waals surface area (Å²) in [4.78, 5) is 0. The minimum Gasteiger partial charge on any atom is -0.396 e. The molecule has 3 heteroatoms. The molecule has 0 aromatic rings. The number of hydrogen-bond donors (Lipinski definition) is 3. The maximum atomic E-state index is 10.2. The third kappa shape index (κ3) is 5.47. The SMILES string of the molecule is C=C1CC[C@H](O)C/C1=C/C=C1CCC[C@@]2(C)C1CC[C@@H]2[C@H](CO)CCCC(C)(C)O. The maximum Gasteiger partial charge on any atom is 0.0591 e. The molecule has 0 aromatic carbocycles. The van der Waals surface area contributed by atoms with Crippen molar-refractivity contribution < 1.29 is 15.3 Å². The number of allylic oxidation sites excluding steroid dienone is 4. The van der Waals surface area contributed by atoms with E-state index in [-0.39, 0.29) is 18.1 Å². The molecule has 3 nitrogen and oxygen atoms in total. The first kappa shape index (κ1) is 23.8. The van der Waals surface area contributed by atoms with Crippen LogP contribution in [0.5, 0.6) is 0 Å². The summed E-state index contributed by atoms with van der Waals surface area (Å²) in [6.07, 6.45) is 15.7. The van der Waals surface area contributed by atoms with Crippen molar-refractivity contribution in [2.45, 2.75) is 103 Å². The second-order valence-electron chi connectivity index (χ2n) is 11.2. The van der Waals surface area contributed by atoms with Gasteiger partial charge in [0, 0.05) is 6.61 Å². The van der Waals surface area contributed by atoms with Gasteiger partial charge in [0.1, 0.15) is 0 Å². The molecule has 3 N–H and O–H groups in total. The Kier molecular flexibility index (Phi) is 7.69. The quantitative estimate of drug-likeness (QED) is 0.498. The van der Waals surface area contributed by atoms with Gasteiger partial charge in [-0.3, -0.25) is 0 Å². The van der Waals surface area contributed by atoms with E-state index in [1.165, 1.54) is 43.3 Å². The Labute approximate surface area is 184 Å². The fourth-order valence-corrected chi connectivity index (χ4v) is 6.67. The second kappa shape index (κ2) is 9.71. The topological polar surface area (TPSA) is 60.7 Å². The normalized spacial score (nSPS) is 36.3. The van der Waals surface area contributed by atoms with Crippen LogP contribution in [0.2, 0.25) is 0 Å². The predicted molar refractivity (Wildman–Crippen MR) is 124 cm³/mol. The van der Waals surface area contributed by atoms with Crippen molar-refractivity contribution in [1.29, 1.82) is 0 Å². The Bertz CT molecular complexity index is 668. The first-order valence-corrected chi connectivity index (χ1v) is 12.2. The molecule has 5 atom stereocenters. The zero-order valence-electron chi connectivity index (χ0n) is 19.5. The van der Waals surface area contributed by atoms with Crippen LogP contribution >= 0.6 is 0 Å². The molecule has 3 saturated carbocycles. The van der Waals surface area contributed by atoms with Gasteiger partial charge in [-0.05, 0) is 107 Å². The van der Waals surface area contributed by atoms with Gasteiger partial charge in [-0.2, -0.15) is 0 Å². The molecule has 0 heterocycles. The zero-order chi connectivity index (χ0) is 21.9. The van der Waals surface area contributed by atoms with Crippen LogP contribution in [0.1, 0.15) is 91.4 Å². The highest BCUT2D eigenvalue weighted by Crippen LogP contribution is 2.60. The van der Waals surface area contributed by atoms with Crippen LogP contribution < -0.4 is 0 Å². The number of fused-ring (bicyclic) bond motifs is 1. The second-order valence-corrected chi connectivity index (χ2v) is 11.2. The molecule has 0 spiro atoms. The monoisotopic (exact) mass is 416 g/mol. The third-order valence-electron chi connectivity index (χ3n) is 8.39. The van der Waals surface area contributed by atoms with Crippen LogP contribution in [0.3, 0.4) is 0 Å². The van der Waals surface area contributed by atoms with Crippen LogP contribution in [0.4, 0.5) is 0 Å². The van der Waals surface area contributed by atoms with Gasteiger partial charge in [0.25, 0.3) is 0 Å². The van der Waals surface area contributed by atoms with Crippen molar-refractivity contribution in [2.75, 3.05) is 6.61 Å². The molecule has 3 aliphatic carbocycles. The average molecular weight is 417 g/mol. The van der Waals surface area contributed by atoms with Gasteiger partial charge in [0.05, 0.1) is 11.7 Å². The standard InChI is InChI=1S/C27H44O3/c1-19-9-12-23(29)17-21(19)11-10-20-7-6-16-27(4)24(20)13-14-25(27)22(18-28)8-5-15-26(2,3)30/h10-11,22-25,28-30H,1,5-9,12-18H2,2-4H3/b20-10?,21-11-/t22-,23-,24?,25+,27-/m0/s1. The molecule has 30 heavy (non-hydrogen) atoms. The van der Waals surface area contributed by atoms with E-state index in [9.17, 15) is 15.3 Å². The molecule has 0 aromatic heterocycles.